The molecule has 0 aliphatic carbocycles. The Morgan fingerprint density at radius 1 is 1.62 bits per heavy atom. The predicted octanol–water partition coefficient (Wildman–Crippen LogP) is 1.42. The third-order valence-electron chi connectivity index (χ3n) is 2.78. The average molecular weight is 185 g/mol. The molecule has 3 nitrogen and oxygen atoms in total. The van der Waals surface area contributed by atoms with Gasteiger partial charge < -0.3 is 9.64 Å². The van der Waals surface area contributed by atoms with E-state index in [4.69, 9.17) is 4.74 Å². The van der Waals surface area contributed by atoms with Gasteiger partial charge in [-0.05, 0) is 33.4 Å². The molecule has 1 aliphatic heterocycles. The van der Waals surface area contributed by atoms with Crippen molar-refractivity contribution in [2.75, 3.05) is 20.1 Å². The lowest BCUT2D eigenvalue weighted by atomic mass is 9.98. The number of esters is 1. The van der Waals surface area contributed by atoms with E-state index in [9.17, 15) is 4.79 Å². The lowest BCUT2D eigenvalue weighted by Crippen LogP contribution is -2.30. The zero-order valence-electron chi connectivity index (χ0n) is 8.80. The molecule has 1 aliphatic rings. The molecule has 76 valence electrons. The highest BCUT2D eigenvalue weighted by molar-refractivity contribution is 5.72. The zero-order valence-corrected chi connectivity index (χ0v) is 8.80. The summed E-state index contributed by atoms with van der Waals surface area (Å²) in [6.45, 7) is 6.20. The highest BCUT2D eigenvalue weighted by Crippen LogP contribution is 2.29. The zero-order chi connectivity index (χ0) is 9.90. The molecule has 13 heavy (non-hydrogen) atoms. The van der Waals surface area contributed by atoms with Crippen molar-refractivity contribution in [2.45, 2.75) is 38.7 Å². The van der Waals surface area contributed by atoms with Crippen LogP contribution in [0, 0.1) is 0 Å². The first kappa shape index (κ1) is 10.5. The number of hydrogen-bond donors (Lipinski definition) is 0. The van der Waals surface area contributed by atoms with Crippen molar-refractivity contribution in [1.82, 2.24) is 4.90 Å². The molecule has 0 radical (unpaired) electrons. The minimum Gasteiger partial charge on any atom is -0.459 e. The molecule has 0 amide bonds. The van der Waals surface area contributed by atoms with E-state index in [1.807, 2.05) is 6.92 Å². The van der Waals surface area contributed by atoms with Crippen LogP contribution in [0.1, 0.15) is 33.1 Å². The first-order valence-electron chi connectivity index (χ1n) is 4.96. The summed E-state index contributed by atoms with van der Waals surface area (Å²) in [5, 5.41) is 0. The first-order valence-corrected chi connectivity index (χ1v) is 4.96. The van der Waals surface area contributed by atoms with Crippen molar-refractivity contribution < 1.29 is 9.53 Å². The number of rotatable bonds is 4. The van der Waals surface area contributed by atoms with Crippen LogP contribution in [-0.2, 0) is 9.53 Å². The number of carbonyl (C=O) groups excluding carboxylic acids is 1. The third kappa shape index (κ3) is 2.99. The van der Waals surface area contributed by atoms with Crippen molar-refractivity contribution in [1.29, 1.82) is 0 Å². The molecule has 1 heterocycles. The lowest BCUT2D eigenvalue weighted by molar-refractivity contribution is -0.147. The van der Waals surface area contributed by atoms with E-state index in [0.29, 0.717) is 6.42 Å². The van der Waals surface area contributed by atoms with Gasteiger partial charge in [0.1, 0.15) is 5.60 Å². The Bertz CT molecular complexity index is 193. The van der Waals surface area contributed by atoms with Crippen LogP contribution in [0.2, 0.25) is 0 Å². The molecule has 1 unspecified atom stereocenters. The molecule has 0 N–H and O–H groups in total. The van der Waals surface area contributed by atoms with Crippen molar-refractivity contribution >= 4 is 5.97 Å². The van der Waals surface area contributed by atoms with Crippen LogP contribution < -0.4 is 0 Å². The van der Waals surface area contributed by atoms with E-state index < -0.39 is 0 Å². The van der Waals surface area contributed by atoms with Crippen molar-refractivity contribution in [3.05, 3.63) is 0 Å². The highest BCUT2D eigenvalue weighted by Gasteiger charge is 2.35. The molecule has 1 rings (SSSR count). The van der Waals surface area contributed by atoms with Crippen molar-refractivity contribution in [3.8, 4) is 0 Å². The summed E-state index contributed by atoms with van der Waals surface area (Å²) in [5.74, 6) is -0.0401. The van der Waals surface area contributed by atoms with Crippen molar-refractivity contribution in [2.24, 2.45) is 0 Å². The van der Waals surface area contributed by atoms with Crippen molar-refractivity contribution in [3.63, 3.8) is 0 Å². The predicted molar refractivity (Wildman–Crippen MR) is 51.5 cm³/mol. The normalized spacial score (nSPS) is 28.2. The van der Waals surface area contributed by atoms with E-state index in [1.165, 1.54) is 0 Å². The monoisotopic (exact) mass is 185 g/mol. The fourth-order valence-electron chi connectivity index (χ4n) is 1.50. The second-order valence-corrected chi connectivity index (χ2v) is 4.07. The van der Waals surface area contributed by atoms with Gasteiger partial charge in [0.2, 0.25) is 0 Å². The summed E-state index contributed by atoms with van der Waals surface area (Å²) < 4.78 is 5.28. The Balaban J connectivity index is 2.31. The molecule has 1 saturated heterocycles. The fraction of sp³-hybridized carbons (Fsp3) is 0.900. The van der Waals surface area contributed by atoms with Crippen LogP contribution in [0.4, 0.5) is 0 Å². The molecule has 0 aromatic carbocycles. The van der Waals surface area contributed by atoms with Crippen LogP contribution in [0.25, 0.3) is 0 Å². The Labute approximate surface area is 80.1 Å². The van der Waals surface area contributed by atoms with E-state index >= 15 is 0 Å². The van der Waals surface area contributed by atoms with Crippen LogP contribution in [-0.4, -0.2) is 36.6 Å². The van der Waals surface area contributed by atoms with Gasteiger partial charge in [-0.15, -0.1) is 0 Å². The first-order chi connectivity index (χ1) is 6.06. The van der Waals surface area contributed by atoms with Gasteiger partial charge in [0.15, 0.2) is 0 Å². The minimum absolute atomic E-state index is 0.0401. The molecule has 0 saturated carbocycles. The van der Waals surface area contributed by atoms with Crippen LogP contribution >= 0.6 is 0 Å². The Hall–Kier alpha value is -0.570. The Kier molecular flexibility index (Phi) is 3.31. The second kappa shape index (κ2) is 4.09. The molecule has 1 atom stereocenters. The number of nitrogens with zero attached hydrogens (tertiary/aromatic N) is 1. The summed E-state index contributed by atoms with van der Waals surface area (Å²) >= 11 is 0. The molecular weight excluding hydrogens is 166 g/mol. The summed E-state index contributed by atoms with van der Waals surface area (Å²) in [6, 6.07) is 0. The maximum Gasteiger partial charge on any atom is 0.306 e. The second-order valence-electron chi connectivity index (χ2n) is 4.07. The maximum absolute atomic E-state index is 10.9. The van der Waals surface area contributed by atoms with E-state index in [2.05, 4.69) is 18.9 Å². The van der Waals surface area contributed by atoms with Crippen LogP contribution in [0.3, 0.4) is 0 Å². The number of hydrogen-bond acceptors (Lipinski definition) is 3. The van der Waals surface area contributed by atoms with Gasteiger partial charge in [0.25, 0.3) is 0 Å². The molecule has 0 spiro atoms. The fourth-order valence-corrected chi connectivity index (χ4v) is 1.50. The lowest BCUT2D eigenvalue weighted by Gasteiger charge is -2.25. The molecular formula is C10H19NO2. The van der Waals surface area contributed by atoms with Gasteiger partial charge in [-0.25, -0.2) is 0 Å². The SMILES string of the molecule is CCN(C)CCC1(C)CCC(=O)O1. The number of cyclic esters (lactones) is 1. The van der Waals surface area contributed by atoms with Gasteiger partial charge in [-0.1, -0.05) is 6.92 Å². The third-order valence-corrected chi connectivity index (χ3v) is 2.78. The van der Waals surface area contributed by atoms with Crippen LogP contribution in [0.15, 0.2) is 0 Å². The largest absolute Gasteiger partial charge is 0.459 e. The van der Waals surface area contributed by atoms with Gasteiger partial charge in [-0.3, -0.25) is 4.79 Å². The molecule has 0 bridgehead atoms. The van der Waals surface area contributed by atoms with Gasteiger partial charge in [0.05, 0.1) is 0 Å². The number of ether oxygens (including phenoxy) is 1. The van der Waals surface area contributed by atoms with E-state index in [0.717, 1.165) is 25.9 Å². The maximum atomic E-state index is 10.9. The van der Waals surface area contributed by atoms with Gasteiger partial charge in [0, 0.05) is 13.0 Å². The quantitative estimate of drug-likeness (QED) is 0.620. The average Bonchev–Trinajstić information content (AvgIpc) is 2.43. The molecule has 1 fully saturated rings. The standard InChI is InChI=1S/C10H19NO2/c1-4-11(3)8-7-10(2)6-5-9(12)13-10/h4-8H2,1-3H3. The summed E-state index contributed by atoms with van der Waals surface area (Å²) in [5.41, 5.74) is -0.194. The minimum atomic E-state index is -0.194. The summed E-state index contributed by atoms with van der Waals surface area (Å²) in [4.78, 5) is 13.2. The van der Waals surface area contributed by atoms with Gasteiger partial charge in [-0.2, -0.15) is 0 Å². The number of carbonyl (C=O) groups is 1. The smallest absolute Gasteiger partial charge is 0.306 e. The van der Waals surface area contributed by atoms with Crippen LogP contribution in [0.5, 0.6) is 0 Å². The summed E-state index contributed by atoms with van der Waals surface area (Å²) in [6.07, 6.45) is 2.42. The molecule has 3 heteroatoms. The Morgan fingerprint density at radius 3 is 2.77 bits per heavy atom. The highest BCUT2D eigenvalue weighted by atomic mass is 16.6. The Morgan fingerprint density at radius 2 is 2.31 bits per heavy atom. The van der Waals surface area contributed by atoms with E-state index in [-0.39, 0.29) is 11.6 Å². The summed E-state index contributed by atoms with van der Waals surface area (Å²) in [7, 11) is 2.08. The molecule has 0 aromatic heterocycles. The van der Waals surface area contributed by atoms with Gasteiger partial charge >= 0.3 is 5.97 Å². The topological polar surface area (TPSA) is 29.5 Å². The molecule has 0 aromatic rings. The van der Waals surface area contributed by atoms with E-state index in [1.54, 1.807) is 0 Å².